The minimum absolute atomic E-state index is 0. The van der Waals surface area contributed by atoms with Crippen LogP contribution in [-0.4, -0.2) is 6.41 Å². The zero-order valence-electron chi connectivity index (χ0n) is 5.79. The maximum absolute atomic E-state index is 9.74. The normalized spacial score (nSPS) is 7.60. The van der Waals surface area contributed by atoms with E-state index in [0.29, 0.717) is 0 Å². The van der Waals surface area contributed by atoms with Crippen molar-refractivity contribution < 1.29 is 23.7 Å². The number of anilines is 1. The van der Waals surface area contributed by atoms with Crippen LogP contribution < -0.4 is 24.2 Å². The second-order valence-electron chi connectivity index (χ2n) is 1.59. The zero-order valence-corrected chi connectivity index (χ0v) is 5.79. The van der Waals surface area contributed by atoms with Crippen LogP contribution in [0.4, 0.5) is 5.69 Å². The van der Waals surface area contributed by atoms with Gasteiger partial charge in [-0.15, -0.1) is 17.8 Å². The molecule has 1 aromatic rings. The average Bonchev–Trinajstić information content (AvgIpc) is 1.91. The number of para-hydroxylation sites is 1. The van der Waals surface area contributed by atoms with Gasteiger partial charge in [-0.25, -0.2) is 0 Å². The Hall–Kier alpha value is -0.713. The Balaban J connectivity index is 0.000000810. The molecule has 1 N–H and O–H groups in total. The topological polar surface area (TPSA) is 29.1 Å². The molecular formula is C7H6LiNO. The number of rotatable bonds is 2. The van der Waals surface area contributed by atoms with Gasteiger partial charge in [0.2, 0.25) is 0 Å². The summed E-state index contributed by atoms with van der Waals surface area (Å²) >= 11 is 0. The Morgan fingerprint density at radius 3 is 2.30 bits per heavy atom. The van der Waals surface area contributed by atoms with Crippen LogP contribution in [0, 0.1) is 0 Å². The van der Waals surface area contributed by atoms with Crippen molar-refractivity contribution in [1.82, 2.24) is 0 Å². The van der Waals surface area contributed by atoms with Gasteiger partial charge < -0.3 is 10.1 Å². The van der Waals surface area contributed by atoms with Crippen molar-refractivity contribution in [2.75, 3.05) is 5.32 Å². The molecule has 46 valence electrons. The molecule has 0 atom stereocenters. The van der Waals surface area contributed by atoms with E-state index in [2.05, 4.69) is 5.32 Å². The molecule has 0 unspecified atom stereocenters. The summed E-state index contributed by atoms with van der Waals surface area (Å²) in [5, 5.41) is 2.40. The number of hydrogen-bond acceptors (Lipinski definition) is 1. The SMILES string of the molecule is O=[C-]Nc1ccccc1.[Li+]. The summed E-state index contributed by atoms with van der Waals surface area (Å²) in [5.41, 5.74) is 0.771. The van der Waals surface area contributed by atoms with E-state index in [1.165, 1.54) is 0 Å². The second kappa shape index (κ2) is 5.10. The average molecular weight is 127 g/mol. The van der Waals surface area contributed by atoms with E-state index in [0.717, 1.165) is 5.69 Å². The molecule has 3 heteroatoms. The number of amides is 1. The van der Waals surface area contributed by atoms with Crippen LogP contribution in [0.1, 0.15) is 0 Å². The van der Waals surface area contributed by atoms with E-state index < -0.39 is 0 Å². The Morgan fingerprint density at radius 2 is 1.80 bits per heavy atom. The van der Waals surface area contributed by atoms with Crippen molar-refractivity contribution in [3.8, 4) is 0 Å². The first-order valence-electron chi connectivity index (χ1n) is 2.61. The maximum Gasteiger partial charge on any atom is 1.00 e. The van der Waals surface area contributed by atoms with Crippen molar-refractivity contribution in [2.45, 2.75) is 0 Å². The third-order valence-electron chi connectivity index (χ3n) is 0.969. The first-order valence-corrected chi connectivity index (χ1v) is 2.61. The smallest absolute Gasteiger partial charge is 0.490 e. The predicted molar refractivity (Wildman–Crippen MR) is 35.8 cm³/mol. The van der Waals surface area contributed by atoms with Gasteiger partial charge in [0.15, 0.2) is 0 Å². The van der Waals surface area contributed by atoms with Crippen LogP contribution in [0.3, 0.4) is 0 Å². The molecule has 10 heavy (non-hydrogen) atoms. The van der Waals surface area contributed by atoms with E-state index in [9.17, 15) is 4.79 Å². The molecule has 0 fully saturated rings. The molecule has 0 aliphatic rings. The fourth-order valence-corrected chi connectivity index (χ4v) is 0.580. The third kappa shape index (κ3) is 2.72. The van der Waals surface area contributed by atoms with Gasteiger partial charge in [-0.2, -0.15) is 0 Å². The molecule has 0 bridgehead atoms. The minimum atomic E-state index is 0. The van der Waals surface area contributed by atoms with Gasteiger partial charge in [0, 0.05) is 0 Å². The first-order chi connectivity index (χ1) is 4.43. The zero-order chi connectivity index (χ0) is 6.53. The molecule has 0 aliphatic carbocycles. The molecule has 0 spiro atoms. The molecule has 0 radical (unpaired) electrons. The van der Waals surface area contributed by atoms with Crippen LogP contribution in [0.2, 0.25) is 0 Å². The third-order valence-corrected chi connectivity index (χ3v) is 0.969. The molecule has 0 aliphatic heterocycles. The fourth-order valence-electron chi connectivity index (χ4n) is 0.580. The summed E-state index contributed by atoms with van der Waals surface area (Å²) in [6.45, 7) is 0. The van der Waals surface area contributed by atoms with Gasteiger partial charge in [-0.05, 0) is 0 Å². The molecule has 2 nitrogen and oxygen atoms in total. The monoisotopic (exact) mass is 127 g/mol. The molecule has 0 heterocycles. The van der Waals surface area contributed by atoms with Crippen LogP contribution in [0.5, 0.6) is 0 Å². The number of nitrogens with one attached hydrogen (secondary N) is 1. The summed E-state index contributed by atoms with van der Waals surface area (Å²) in [6.07, 6.45) is 1.58. The van der Waals surface area contributed by atoms with Crippen LogP contribution in [0.15, 0.2) is 30.3 Å². The number of benzene rings is 1. The van der Waals surface area contributed by atoms with E-state index >= 15 is 0 Å². The van der Waals surface area contributed by atoms with Crippen LogP contribution >= 0.6 is 0 Å². The Kier molecular flexibility index (Phi) is 4.74. The van der Waals surface area contributed by atoms with E-state index in [4.69, 9.17) is 0 Å². The van der Waals surface area contributed by atoms with Gasteiger partial charge in [0.1, 0.15) is 0 Å². The summed E-state index contributed by atoms with van der Waals surface area (Å²) in [5.74, 6) is 0. The van der Waals surface area contributed by atoms with Crippen LogP contribution in [0.25, 0.3) is 0 Å². The molecule has 1 aromatic carbocycles. The Morgan fingerprint density at radius 1 is 1.20 bits per heavy atom. The quantitative estimate of drug-likeness (QED) is 0.282. The fraction of sp³-hybridized carbons (Fsp3) is 0. The summed E-state index contributed by atoms with van der Waals surface area (Å²) in [6, 6.07) is 9.17. The molecule has 1 amide bonds. The van der Waals surface area contributed by atoms with Gasteiger partial charge in [0.25, 0.3) is 0 Å². The van der Waals surface area contributed by atoms with Crippen LogP contribution in [-0.2, 0) is 4.79 Å². The summed E-state index contributed by atoms with van der Waals surface area (Å²) in [4.78, 5) is 9.74. The van der Waals surface area contributed by atoms with Crippen molar-refractivity contribution in [2.24, 2.45) is 0 Å². The Labute approximate surface area is 71.8 Å². The Bertz CT molecular complexity index is 188. The molecular weight excluding hydrogens is 121 g/mol. The minimum Gasteiger partial charge on any atom is -0.490 e. The largest absolute Gasteiger partial charge is 1.00 e. The van der Waals surface area contributed by atoms with Gasteiger partial charge in [-0.1, -0.05) is 18.2 Å². The van der Waals surface area contributed by atoms with Crippen molar-refractivity contribution >= 4 is 12.1 Å². The van der Waals surface area contributed by atoms with Crippen molar-refractivity contribution in [3.05, 3.63) is 30.3 Å². The maximum atomic E-state index is 9.74. The van der Waals surface area contributed by atoms with Crippen molar-refractivity contribution in [1.29, 1.82) is 0 Å². The molecule has 0 saturated carbocycles. The van der Waals surface area contributed by atoms with Gasteiger partial charge in [-0.3, -0.25) is 0 Å². The standard InChI is InChI=1S/C7H6NO.Li/c9-6-8-7-4-2-1-3-5-7;/h1-5H,(H,8,9);/q-1;+1. The second-order valence-corrected chi connectivity index (χ2v) is 1.59. The number of carbonyl (C=O) groups excluding carboxylic acids is 1. The van der Waals surface area contributed by atoms with Gasteiger partial charge in [0.05, 0.1) is 6.41 Å². The van der Waals surface area contributed by atoms with Gasteiger partial charge >= 0.3 is 18.9 Å². The summed E-state index contributed by atoms with van der Waals surface area (Å²) in [7, 11) is 0. The summed E-state index contributed by atoms with van der Waals surface area (Å²) < 4.78 is 0. The van der Waals surface area contributed by atoms with E-state index in [1.54, 1.807) is 18.5 Å². The molecule has 0 aromatic heterocycles. The molecule has 0 saturated heterocycles. The first kappa shape index (κ1) is 9.29. The van der Waals surface area contributed by atoms with Crippen molar-refractivity contribution in [3.63, 3.8) is 0 Å². The number of hydrogen-bond donors (Lipinski definition) is 1. The predicted octanol–water partition coefficient (Wildman–Crippen LogP) is -1.83. The van der Waals surface area contributed by atoms with E-state index in [-0.39, 0.29) is 18.9 Å². The van der Waals surface area contributed by atoms with E-state index in [1.807, 2.05) is 18.2 Å². The molecule has 1 rings (SSSR count).